The monoisotopic (exact) mass is 266 g/mol. The maximum atomic E-state index is 10.9. The number of nitrogens with zero attached hydrogens (tertiary/aromatic N) is 1. The van der Waals surface area contributed by atoms with E-state index in [0.717, 1.165) is 5.39 Å². The van der Waals surface area contributed by atoms with Crippen molar-refractivity contribution in [1.82, 2.24) is 4.98 Å². The molecular formula is C10H7BrN2O2. The Labute approximate surface area is 93.9 Å². The summed E-state index contributed by atoms with van der Waals surface area (Å²) in [6.45, 7) is 0. The van der Waals surface area contributed by atoms with Gasteiger partial charge in [-0.25, -0.2) is 4.79 Å². The second-order valence-corrected chi connectivity index (χ2v) is 3.91. The number of anilines is 1. The zero-order chi connectivity index (χ0) is 11.0. The summed E-state index contributed by atoms with van der Waals surface area (Å²) >= 11 is 3.30. The summed E-state index contributed by atoms with van der Waals surface area (Å²) in [4.78, 5) is 14.8. The van der Waals surface area contributed by atoms with Crippen molar-refractivity contribution in [2.45, 2.75) is 0 Å². The Morgan fingerprint density at radius 3 is 2.80 bits per heavy atom. The summed E-state index contributed by atoms with van der Waals surface area (Å²) in [6, 6.07) is 3.17. The zero-order valence-corrected chi connectivity index (χ0v) is 9.15. The van der Waals surface area contributed by atoms with Gasteiger partial charge in [0.2, 0.25) is 0 Å². The minimum atomic E-state index is -1.03. The van der Waals surface area contributed by atoms with E-state index in [2.05, 4.69) is 20.9 Å². The number of benzene rings is 1. The molecule has 0 spiro atoms. The largest absolute Gasteiger partial charge is 0.478 e. The van der Waals surface area contributed by atoms with E-state index in [1.165, 1.54) is 6.07 Å². The first-order chi connectivity index (χ1) is 7.11. The van der Waals surface area contributed by atoms with Crippen LogP contribution in [-0.2, 0) is 0 Å². The standard InChI is InChI=1S/C10H7BrN2O2/c11-7-4-13-3-5-1-2-6(10(14)15)9(12)8(5)7/h1-4H,12H2,(H,14,15). The minimum Gasteiger partial charge on any atom is -0.478 e. The third kappa shape index (κ3) is 1.55. The first-order valence-corrected chi connectivity index (χ1v) is 4.95. The predicted octanol–water partition coefficient (Wildman–Crippen LogP) is 2.28. The van der Waals surface area contributed by atoms with Gasteiger partial charge >= 0.3 is 5.97 Å². The molecule has 1 aromatic carbocycles. The van der Waals surface area contributed by atoms with Gasteiger partial charge in [-0.15, -0.1) is 0 Å². The van der Waals surface area contributed by atoms with Crippen molar-refractivity contribution in [2.24, 2.45) is 0 Å². The van der Waals surface area contributed by atoms with Crippen LogP contribution in [0, 0.1) is 0 Å². The highest BCUT2D eigenvalue weighted by Gasteiger charge is 2.12. The third-order valence-electron chi connectivity index (χ3n) is 2.15. The van der Waals surface area contributed by atoms with Crippen molar-refractivity contribution in [1.29, 1.82) is 0 Å². The number of carboxylic acid groups (broad SMARTS) is 1. The van der Waals surface area contributed by atoms with Crippen LogP contribution in [0.15, 0.2) is 29.0 Å². The number of aromatic nitrogens is 1. The summed E-state index contributed by atoms with van der Waals surface area (Å²) in [5.74, 6) is -1.03. The highest BCUT2D eigenvalue weighted by molar-refractivity contribution is 9.10. The molecular weight excluding hydrogens is 260 g/mol. The first-order valence-electron chi connectivity index (χ1n) is 4.16. The van der Waals surface area contributed by atoms with E-state index in [0.29, 0.717) is 9.86 Å². The van der Waals surface area contributed by atoms with Gasteiger partial charge in [0.1, 0.15) is 0 Å². The number of hydrogen-bond acceptors (Lipinski definition) is 3. The lowest BCUT2D eigenvalue weighted by atomic mass is 10.1. The van der Waals surface area contributed by atoms with Crippen LogP contribution < -0.4 is 5.73 Å². The summed E-state index contributed by atoms with van der Waals surface area (Å²) in [7, 11) is 0. The number of pyridine rings is 1. The fourth-order valence-corrected chi connectivity index (χ4v) is 2.01. The summed E-state index contributed by atoms with van der Waals surface area (Å²) < 4.78 is 0.695. The molecule has 76 valence electrons. The lowest BCUT2D eigenvalue weighted by Gasteiger charge is -2.06. The molecule has 1 aromatic heterocycles. The van der Waals surface area contributed by atoms with Crippen molar-refractivity contribution >= 4 is 38.4 Å². The van der Waals surface area contributed by atoms with Crippen LogP contribution in [0.5, 0.6) is 0 Å². The van der Waals surface area contributed by atoms with Crippen LogP contribution in [0.2, 0.25) is 0 Å². The van der Waals surface area contributed by atoms with Gasteiger partial charge in [-0.1, -0.05) is 6.07 Å². The maximum Gasteiger partial charge on any atom is 0.337 e. The number of carbonyl (C=O) groups is 1. The van der Waals surface area contributed by atoms with Gasteiger partial charge in [-0.2, -0.15) is 0 Å². The molecule has 3 N–H and O–H groups in total. The molecule has 15 heavy (non-hydrogen) atoms. The molecule has 2 rings (SSSR count). The second-order valence-electron chi connectivity index (χ2n) is 3.05. The van der Waals surface area contributed by atoms with Crippen molar-refractivity contribution < 1.29 is 9.90 Å². The van der Waals surface area contributed by atoms with Crippen molar-refractivity contribution in [3.63, 3.8) is 0 Å². The molecule has 0 atom stereocenters. The number of rotatable bonds is 1. The fourth-order valence-electron chi connectivity index (χ4n) is 1.44. The van der Waals surface area contributed by atoms with Crippen LogP contribution in [0.4, 0.5) is 5.69 Å². The normalized spacial score (nSPS) is 10.5. The lowest BCUT2D eigenvalue weighted by Crippen LogP contribution is -2.03. The molecule has 1 heterocycles. The van der Waals surface area contributed by atoms with Crippen LogP contribution in [0.25, 0.3) is 10.8 Å². The number of hydrogen-bond donors (Lipinski definition) is 2. The van der Waals surface area contributed by atoms with Crippen LogP contribution in [0.3, 0.4) is 0 Å². The van der Waals surface area contributed by atoms with Gasteiger partial charge in [0.05, 0.1) is 11.3 Å². The molecule has 2 aromatic rings. The molecule has 4 nitrogen and oxygen atoms in total. The fraction of sp³-hybridized carbons (Fsp3) is 0. The highest BCUT2D eigenvalue weighted by Crippen LogP contribution is 2.30. The molecule has 0 fully saturated rings. The van der Waals surface area contributed by atoms with Gasteiger partial charge in [0.15, 0.2) is 0 Å². The van der Waals surface area contributed by atoms with Crippen LogP contribution in [-0.4, -0.2) is 16.1 Å². The molecule has 0 aliphatic rings. The summed E-state index contributed by atoms with van der Waals surface area (Å²) in [5.41, 5.74) is 6.15. The van der Waals surface area contributed by atoms with E-state index in [1.807, 2.05) is 0 Å². The van der Waals surface area contributed by atoms with Gasteiger partial charge in [-0.05, 0) is 22.0 Å². The third-order valence-corrected chi connectivity index (χ3v) is 2.75. The average molecular weight is 267 g/mol. The second kappa shape index (κ2) is 3.51. The lowest BCUT2D eigenvalue weighted by molar-refractivity contribution is 0.0698. The van der Waals surface area contributed by atoms with Gasteiger partial charge in [-0.3, -0.25) is 4.98 Å². The van der Waals surface area contributed by atoms with E-state index in [9.17, 15) is 4.79 Å². The van der Waals surface area contributed by atoms with E-state index in [-0.39, 0.29) is 11.3 Å². The number of carboxylic acids is 1. The molecule has 0 radical (unpaired) electrons. The average Bonchev–Trinajstić information content (AvgIpc) is 2.17. The van der Waals surface area contributed by atoms with Crippen LogP contribution in [0.1, 0.15) is 10.4 Å². The highest BCUT2D eigenvalue weighted by atomic mass is 79.9. The Balaban J connectivity index is 2.89. The maximum absolute atomic E-state index is 10.9. The van der Waals surface area contributed by atoms with Gasteiger partial charge < -0.3 is 10.8 Å². The van der Waals surface area contributed by atoms with Crippen LogP contribution >= 0.6 is 15.9 Å². The van der Waals surface area contributed by atoms with Crippen molar-refractivity contribution in [3.05, 3.63) is 34.6 Å². The first kappa shape index (κ1) is 9.92. The number of fused-ring (bicyclic) bond motifs is 1. The molecule has 0 saturated carbocycles. The van der Waals surface area contributed by atoms with E-state index in [4.69, 9.17) is 10.8 Å². The number of aromatic carboxylic acids is 1. The van der Waals surface area contributed by atoms with E-state index in [1.54, 1.807) is 18.5 Å². The SMILES string of the molecule is Nc1c(C(=O)O)ccc2cncc(Br)c12. The minimum absolute atomic E-state index is 0.106. The van der Waals surface area contributed by atoms with E-state index >= 15 is 0 Å². The Kier molecular flexibility index (Phi) is 2.32. The number of nitrogens with two attached hydrogens (primary N) is 1. The molecule has 0 aliphatic carbocycles. The quantitative estimate of drug-likeness (QED) is 0.777. The molecule has 0 unspecified atom stereocenters. The predicted molar refractivity (Wildman–Crippen MR) is 60.8 cm³/mol. The molecule has 0 bridgehead atoms. The van der Waals surface area contributed by atoms with Gasteiger partial charge in [0.25, 0.3) is 0 Å². The number of nitrogen functional groups attached to an aromatic ring is 1. The zero-order valence-electron chi connectivity index (χ0n) is 7.57. The Morgan fingerprint density at radius 2 is 2.13 bits per heavy atom. The van der Waals surface area contributed by atoms with Crippen molar-refractivity contribution in [3.8, 4) is 0 Å². The molecule has 0 saturated heterocycles. The van der Waals surface area contributed by atoms with Crippen molar-refractivity contribution in [2.75, 3.05) is 5.73 Å². The topological polar surface area (TPSA) is 76.2 Å². The Hall–Kier alpha value is -1.62. The smallest absolute Gasteiger partial charge is 0.337 e. The number of halogens is 1. The summed E-state index contributed by atoms with van der Waals surface area (Å²) in [6.07, 6.45) is 3.23. The summed E-state index contributed by atoms with van der Waals surface area (Å²) in [5, 5.41) is 10.4. The molecule has 0 aliphatic heterocycles. The van der Waals surface area contributed by atoms with E-state index < -0.39 is 5.97 Å². The van der Waals surface area contributed by atoms with Gasteiger partial charge in [0, 0.05) is 27.6 Å². The molecule has 0 amide bonds. The Morgan fingerprint density at radius 1 is 1.40 bits per heavy atom. The molecule has 5 heteroatoms. The Bertz CT molecular complexity index is 554.